The molecule has 3 rings (SSSR count). The lowest BCUT2D eigenvalue weighted by molar-refractivity contribution is -0.113. The molecule has 1 heterocycles. The van der Waals surface area contributed by atoms with Gasteiger partial charge < -0.3 is 14.8 Å². The first-order valence-electron chi connectivity index (χ1n) is 8.45. The molecule has 0 spiro atoms. The first-order valence-corrected chi connectivity index (χ1v) is 9.81. The maximum Gasteiger partial charge on any atom is 0.337 e. The van der Waals surface area contributed by atoms with Gasteiger partial charge in [-0.15, -0.1) is 5.10 Å². The number of carbonyl (C=O) groups excluding carboxylic acids is 2. The van der Waals surface area contributed by atoms with E-state index in [4.69, 9.17) is 16.3 Å². The standard InChI is InChI=1S/C19H17ClN4O4S/c1-27-18(26)12-7-8-14(20)15(9-12)21-17(25)11-29-19-22-16(23-24-19)10-28-13-5-3-2-4-6-13/h2-9H,10-11H2,1H3,(H,21,25)(H,22,23,24). The number of anilines is 1. The molecule has 0 fully saturated rings. The summed E-state index contributed by atoms with van der Waals surface area (Å²) in [5.41, 5.74) is 0.615. The van der Waals surface area contributed by atoms with Crippen molar-refractivity contribution in [3.8, 4) is 5.75 Å². The average Bonchev–Trinajstić information content (AvgIpc) is 3.20. The second-order valence-electron chi connectivity index (χ2n) is 5.69. The number of amides is 1. The van der Waals surface area contributed by atoms with E-state index in [0.29, 0.717) is 21.7 Å². The summed E-state index contributed by atoms with van der Waals surface area (Å²) < 4.78 is 10.3. The fraction of sp³-hybridized carbons (Fsp3) is 0.158. The van der Waals surface area contributed by atoms with Crippen molar-refractivity contribution < 1.29 is 19.1 Å². The fourth-order valence-electron chi connectivity index (χ4n) is 2.26. The molecule has 0 aliphatic rings. The van der Waals surface area contributed by atoms with E-state index in [-0.39, 0.29) is 23.8 Å². The summed E-state index contributed by atoms with van der Waals surface area (Å²) in [4.78, 5) is 28.1. The van der Waals surface area contributed by atoms with Gasteiger partial charge in [0.2, 0.25) is 11.1 Å². The number of hydrogen-bond acceptors (Lipinski definition) is 7. The number of hydrogen-bond donors (Lipinski definition) is 2. The van der Waals surface area contributed by atoms with Crippen LogP contribution in [0.4, 0.5) is 5.69 Å². The van der Waals surface area contributed by atoms with Gasteiger partial charge in [0.15, 0.2) is 5.82 Å². The van der Waals surface area contributed by atoms with Gasteiger partial charge in [0.05, 0.1) is 29.1 Å². The van der Waals surface area contributed by atoms with Crippen molar-refractivity contribution in [1.29, 1.82) is 0 Å². The molecule has 29 heavy (non-hydrogen) atoms. The molecule has 8 nitrogen and oxygen atoms in total. The van der Waals surface area contributed by atoms with Gasteiger partial charge >= 0.3 is 5.97 Å². The maximum absolute atomic E-state index is 12.2. The summed E-state index contributed by atoms with van der Waals surface area (Å²) in [6.07, 6.45) is 0. The van der Waals surface area contributed by atoms with Gasteiger partial charge in [0, 0.05) is 0 Å². The summed E-state index contributed by atoms with van der Waals surface area (Å²) in [6.45, 7) is 0.236. The summed E-state index contributed by atoms with van der Waals surface area (Å²) in [5, 5.41) is 10.2. The summed E-state index contributed by atoms with van der Waals surface area (Å²) in [6, 6.07) is 13.8. The highest BCUT2D eigenvalue weighted by Gasteiger charge is 2.13. The first-order chi connectivity index (χ1) is 14.0. The molecule has 0 bridgehead atoms. The Morgan fingerprint density at radius 2 is 2.00 bits per heavy atom. The molecule has 3 aromatic rings. The lowest BCUT2D eigenvalue weighted by Gasteiger charge is -2.08. The van der Waals surface area contributed by atoms with Gasteiger partial charge in [-0.25, -0.2) is 9.78 Å². The summed E-state index contributed by atoms with van der Waals surface area (Å²) >= 11 is 7.23. The average molecular weight is 433 g/mol. The van der Waals surface area contributed by atoms with E-state index in [0.717, 1.165) is 17.5 Å². The second kappa shape index (κ2) is 9.94. The van der Waals surface area contributed by atoms with Crippen molar-refractivity contribution in [3.63, 3.8) is 0 Å². The van der Waals surface area contributed by atoms with Crippen LogP contribution in [-0.2, 0) is 16.1 Å². The zero-order valence-corrected chi connectivity index (χ0v) is 16.9. The van der Waals surface area contributed by atoms with Crippen molar-refractivity contribution in [3.05, 3.63) is 64.9 Å². The number of nitrogens with one attached hydrogen (secondary N) is 2. The normalized spacial score (nSPS) is 10.4. The zero-order chi connectivity index (χ0) is 20.6. The number of methoxy groups -OCH3 is 1. The molecule has 1 amide bonds. The van der Waals surface area contributed by atoms with Crippen LogP contribution in [-0.4, -0.2) is 39.9 Å². The van der Waals surface area contributed by atoms with Gasteiger partial charge in [0.1, 0.15) is 12.4 Å². The van der Waals surface area contributed by atoms with Crippen LogP contribution in [0.1, 0.15) is 16.2 Å². The van der Waals surface area contributed by atoms with Crippen molar-refractivity contribution in [2.75, 3.05) is 18.2 Å². The molecular formula is C19H17ClN4O4S. The molecule has 0 saturated heterocycles. The van der Waals surface area contributed by atoms with Crippen LogP contribution in [0.25, 0.3) is 0 Å². The van der Waals surface area contributed by atoms with E-state index >= 15 is 0 Å². The largest absolute Gasteiger partial charge is 0.486 e. The molecule has 0 saturated carbocycles. The molecular weight excluding hydrogens is 416 g/mol. The number of para-hydroxylation sites is 1. The molecule has 2 N–H and O–H groups in total. The Hall–Kier alpha value is -3.04. The van der Waals surface area contributed by atoms with Crippen molar-refractivity contribution >= 4 is 40.9 Å². The Labute approximate surface area is 176 Å². The van der Waals surface area contributed by atoms with E-state index in [9.17, 15) is 9.59 Å². The third-order valence-corrected chi connectivity index (χ3v) is 4.80. The van der Waals surface area contributed by atoms with Crippen molar-refractivity contribution in [2.45, 2.75) is 11.8 Å². The number of esters is 1. The van der Waals surface area contributed by atoms with Gasteiger partial charge in [-0.3, -0.25) is 9.89 Å². The van der Waals surface area contributed by atoms with Gasteiger partial charge in [-0.1, -0.05) is 41.6 Å². The number of rotatable bonds is 8. The van der Waals surface area contributed by atoms with Crippen LogP contribution in [0.5, 0.6) is 5.75 Å². The van der Waals surface area contributed by atoms with Crippen LogP contribution < -0.4 is 10.1 Å². The summed E-state index contributed by atoms with van der Waals surface area (Å²) in [7, 11) is 1.28. The molecule has 0 unspecified atom stereocenters. The molecule has 0 aliphatic heterocycles. The number of aromatic amines is 1. The van der Waals surface area contributed by atoms with E-state index in [2.05, 4.69) is 25.2 Å². The Bertz CT molecular complexity index is 997. The number of benzene rings is 2. The predicted molar refractivity (Wildman–Crippen MR) is 109 cm³/mol. The summed E-state index contributed by atoms with van der Waals surface area (Å²) in [5.74, 6) is 0.507. The van der Waals surface area contributed by atoms with Crippen LogP contribution in [0.2, 0.25) is 5.02 Å². The highest BCUT2D eigenvalue weighted by Crippen LogP contribution is 2.24. The number of aromatic nitrogens is 3. The molecule has 0 aliphatic carbocycles. The van der Waals surface area contributed by atoms with E-state index in [1.165, 1.54) is 25.3 Å². The highest BCUT2D eigenvalue weighted by molar-refractivity contribution is 7.99. The lowest BCUT2D eigenvalue weighted by Crippen LogP contribution is -2.15. The lowest BCUT2D eigenvalue weighted by atomic mass is 10.2. The smallest absolute Gasteiger partial charge is 0.337 e. The molecule has 150 valence electrons. The van der Waals surface area contributed by atoms with Crippen molar-refractivity contribution in [1.82, 2.24) is 15.2 Å². The minimum atomic E-state index is -0.516. The fourth-order valence-corrected chi connectivity index (χ4v) is 3.04. The number of ether oxygens (including phenoxy) is 2. The van der Waals surface area contributed by atoms with E-state index in [1.54, 1.807) is 0 Å². The third-order valence-electron chi connectivity index (χ3n) is 3.62. The van der Waals surface area contributed by atoms with Crippen LogP contribution >= 0.6 is 23.4 Å². The first kappa shape index (κ1) is 20.7. The SMILES string of the molecule is COC(=O)c1ccc(Cl)c(NC(=O)CSc2n[nH]c(COc3ccccc3)n2)c1. The molecule has 2 aromatic carbocycles. The second-order valence-corrected chi connectivity index (χ2v) is 7.04. The van der Waals surface area contributed by atoms with E-state index < -0.39 is 5.97 Å². The molecule has 10 heteroatoms. The highest BCUT2D eigenvalue weighted by atomic mass is 35.5. The molecule has 1 aromatic heterocycles. The van der Waals surface area contributed by atoms with Gasteiger partial charge in [0.25, 0.3) is 0 Å². The number of thioether (sulfide) groups is 1. The Morgan fingerprint density at radius 1 is 1.21 bits per heavy atom. The Morgan fingerprint density at radius 3 is 2.76 bits per heavy atom. The quantitative estimate of drug-likeness (QED) is 0.414. The Kier molecular flexibility index (Phi) is 7.09. The minimum absolute atomic E-state index is 0.0651. The Balaban J connectivity index is 1.51. The van der Waals surface area contributed by atoms with E-state index in [1.807, 2.05) is 30.3 Å². The van der Waals surface area contributed by atoms with Gasteiger partial charge in [-0.2, -0.15) is 0 Å². The van der Waals surface area contributed by atoms with Crippen LogP contribution in [0.3, 0.4) is 0 Å². The third kappa shape index (κ3) is 5.97. The molecule has 0 atom stereocenters. The zero-order valence-electron chi connectivity index (χ0n) is 15.3. The maximum atomic E-state index is 12.2. The number of halogens is 1. The molecule has 0 radical (unpaired) electrons. The van der Waals surface area contributed by atoms with Gasteiger partial charge in [-0.05, 0) is 30.3 Å². The topological polar surface area (TPSA) is 106 Å². The number of carbonyl (C=O) groups is 2. The monoisotopic (exact) mass is 432 g/mol. The predicted octanol–water partition coefficient (Wildman–Crippen LogP) is 3.55. The van der Waals surface area contributed by atoms with Crippen molar-refractivity contribution in [2.24, 2.45) is 0 Å². The van der Waals surface area contributed by atoms with Crippen LogP contribution in [0, 0.1) is 0 Å². The number of H-pyrrole nitrogens is 1. The van der Waals surface area contributed by atoms with Crippen LogP contribution in [0.15, 0.2) is 53.7 Å². The minimum Gasteiger partial charge on any atom is -0.486 e. The number of nitrogens with zero attached hydrogens (tertiary/aromatic N) is 2.